The van der Waals surface area contributed by atoms with E-state index in [0.717, 1.165) is 18.4 Å². The first kappa shape index (κ1) is 14.9. The van der Waals surface area contributed by atoms with Crippen molar-refractivity contribution in [3.05, 3.63) is 0 Å². The molecule has 7 heteroatoms. The molecule has 0 aromatic heterocycles. The minimum absolute atomic E-state index is 0.0571. The number of aliphatic hydroxyl groups excluding tert-OH is 1. The quantitative estimate of drug-likeness (QED) is 0.551. The molecule has 0 aromatic carbocycles. The molecule has 1 aliphatic carbocycles. The number of hydrogen-bond acceptors (Lipinski definition) is 6. The number of rotatable bonds is 4. The zero-order valence-corrected chi connectivity index (χ0v) is 11.6. The highest BCUT2D eigenvalue weighted by atomic mass is 16.5. The van der Waals surface area contributed by atoms with Crippen LogP contribution in [0.1, 0.15) is 25.7 Å². The zero-order chi connectivity index (χ0) is 14.9. The summed E-state index contributed by atoms with van der Waals surface area (Å²) in [5, 5.41) is 9.81. The van der Waals surface area contributed by atoms with E-state index in [1.54, 1.807) is 0 Å². The molecule has 0 bridgehead atoms. The summed E-state index contributed by atoms with van der Waals surface area (Å²) >= 11 is 0. The van der Waals surface area contributed by atoms with Gasteiger partial charge in [-0.1, -0.05) is 0 Å². The van der Waals surface area contributed by atoms with Gasteiger partial charge in [-0.05, 0) is 19.3 Å². The second kappa shape index (κ2) is 5.88. The Morgan fingerprint density at radius 1 is 1.35 bits per heavy atom. The largest absolute Gasteiger partial charge is 0.466 e. The first-order valence-electron chi connectivity index (χ1n) is 6.64. The molecular weight excluding hydrogens is 266 g/mol. The molecule has 1 heterocycles. The van der Waals surface area contributed by atoms with E-state index in [1.807, 2.05) is 0 Å². The summed E-state index contributed by atoms with van der Waals surface area (Å²) < 4.78 is 9.57. The fourth-order valence-corrected chi connectivity index (χ4v) is 2.99. The Kier molecular flexibility index (Phi) is 4.39. The van der Waals surface area contributed by atoms with Crippen molar-refractivity contribution in [2.45, 2.75) is 44.1 Å². The van der Waals surface area contributed by atoms with E-state index in [0.29, 0.717) is 12.8 Å². The van der Waals surface area contributed by atoms with E-state index in [2.05, 4.69) is 4.74 Å². The first-order chi connectivity index (χ1) is 9.51. The number of likely N-dealkylation sites (tertiary alicyclic amines) is 1. The number of hydrogen-bond donors (Lipinski definition) is 1. The van der Waals surface area contributed by atoms with Crippen molar-refractivity contribution >= 4 is 17.7 Å². The van der Waals surface area contributed by atoms with Gasteiger partial charge in [0.15, 0.2) is 5.78 Å². The highest BCUT2D eigenvalue weighted by Gasteiger charge is 2.50. The van der Waals surface area contributed by atoms with Crippen molar-refractivity contribution in [1.29, 1.82) is 0 Å². The van der Waals surface area contributed by atoms with Crippen LogP contribution < -0.4 is 0 Å². The number of ketones is 1. The predicted octanol–water partition coefficient (Wildman–Crippen LogP) is -0.537. The highest BCUT2D eigenvalue weighted by molar-refractivity contribution is 5.93. The second-order valence-corrected chi connectivity index (χ2v) is 5.13. The average Bonchev–Trinajstić information content (AvgIpc) is 2.44. The van der Waals surface area contributed by atoms with Gasteiger partial charge in [0.05, 0.1) is 13.2 Å². The van der Waals surface area contributed by atoms with E-state index in [4.69, 9.17) is 4.74 Å². The van der Waals surface area contributed by atoms with Crippen LogP contribution in [-0.2, 0) is 23.9 Å². The molecule has 20 heavy (non-hydrogen) atoms. The van der Waals surface area contributed by atoms with E-state index < -0.39 is 24.3 Å². The summed E-state index contributed by atoms with van der Waals surface area (Å²) in [6.45, 7) is 0. The monoisotopic (exact) mass is 285 g/mol. The summed E-state index contributed by atoms with van der Waals surface area (Å²) in [5.41, 5.74) is 0. The van der Waals surface area contributed by atoms with Crippen molar-refractivity contribution in [3.63, 3.8) is 0 Å². The van der Waals surface area contributed by atoms with Gasteiger partial charge in [-0.3, -0.25) is 9.59 Å². The van der Waals surface area contributed by atoms with Gasteiger partial charge < -0.3 is 19.5 Å². The van der Waals surface area contributed by atoms with E-state index in [1.165, 1.54) is 7.11 Å². The van der Waals surface area contributed by atoms with Gasteiger partial charge in [0.2, 0.25) is 12.1 Å². The van der Waals surface area contributed by atoms with Gasteiger partial charge in [0, 0.05) is 19.4 Å². The van der Waals surface area contributed by atoms with Crippen LogP contribution >= 0.6 is 0 Å². The summed E-state index contributed by atoms with van der Waals surface area (Å²) in [5.74, 6) is -1.68. The highest BCUT2D eigenvalue weighted by Crippen LogP contribution is 2.35. The summed E-state index contributed by atoms with van der Waals surface area (Å²) in [7, 11) is 2.62. The molecule has 0 aromatic rings. The maximum Gasteiger partial charge on any atom is 0.356 e. The van der Waals surface area contributed by atoms with Crippen molar-refractivity contribution in [1.82, 2.24) is 4.90 Å². The zero-order valence-electron chi connectivity index (χ0n) is 11.6. The minimum atomic E-state index is -1.64. The second-order valence-electron chi connectivity index (χ2n) is 5.13. The lowest BCUT2D eigenvalue weighted by Crippen LogP contribution is -2.64. The molecule has 2 fully saturated rings. The van der Waals surface area contributed by atoms with Gasteiger partial charge in [-0.15, -0.1) is 0 Å². The lowest BCUT2D eigenvalue weighted by Gasteiger charge is -2.47. The number of nitrogens with zero attached hydrogens (tertiary/aromatic N) is 1. The fourth-order valence-electron chi connectivity index (χ4n) is 2.99. The Morgan fingerprint density at radius 3 is 2.60 bits per heavy atom. The molecule has 1 saturated heterocycles. The number of Topliss-reactive ketones (excluding diaryl/α,β-unsaturated/α-hetero) is 1. The van der Waals surface area contributed by atoms with Crippen LogP contribution in [0.25, 0.3) is 0 Å². The number of carbonyl (C=O) groups excluding carboxylic acids is 3. The number of esters is 1. The normalized spacial score (nSPS) is 31.8. The third-order valence-corrected chi connectivity index (χ3v) is 4.12. The molecule has 1 aliphatic heterocycles. The topological polar surface area (TPSA) is 93.1 Å². The van der Waals surface area contributed by atoms with Gasteiger partial charge in [0.1, 0.15) is 6.10 Å². The van der Waals surface area contributed by atoms with Crippen molar-refractivity contribution in [2.75, 3.05) is 14.2 Å². The van der Waals surface area contributed by atoms with Gasteiger partial charge >= 0.3 is 5.97 Å². The third kappa shape index (κ3) is 2.43. The minimum Gasteiger partial charge on any atom is -0.466 e. The molecule has 1 amide bonds. The average molecular weight is 285 g/mol. The number of carbonyl (C=O) groups is 3. The predicted molar refractivity (Wildman–Crippen MR) is 66.4 cm³/mol. The van der Waals surface area contributed by atoms with E-state index >= 15 is 0 Å². The van der Waals surface area contributed by atoms with Crippen LogP contribution in [0.4, 0.5) is 0 Å². The molecule has 1 N–H and O–H groups in total. The van der Waals surface area contributed by atoms with Crippen molar-refractivity contribution in [2.24, 2.45) is 5.92 Å². The molecule has 0 spiro atoms. The Balaban J connectivity index is 2.10. The summed E-state index contributed by atoms with van der Waals surface area (Å²) in [4.78, 5) is 36.3. The molecule has 4 atom stereocenters. The lowest BCUT2D eigenvalue weighted by atomic mass is 9.76. The summed E-state index contributed by atoms with van der Waals surface area (Å²) in [6.07, 6.45) is 0.207. The Labute approximate surface area is 116 Å². The van der Waals surface area contributed by atoms with Crippen molar-refractivity contribution in [3.8, 4) is 0 Å². The van der Waals surface area contributed by atoms with Gasteiger partial charge in [0.25, 0.3) is 0 Å². The third-order valence-electron chi connectivity index (χ3n) is 4.12. The van der Waals surface area contributed by atoms with Gasteiger partial charge in [-0.2, -0.15) is 0 Å². The molecule has 2 aliphatic rings. The maximum absolute atomic E-state index is 12.2. The molecule has 2 rings (SSSR count). The van der Waals surface area contributed by atoms with Crippen molar-refractivity contribution < 1.29 is 29.0 Å². The number of β-lactam (4-membered cyclic amide) rings is 1. The van der Waals surface area contributed by atoms with Crippen LogP contribution in [0.2, 0.25) is 0 Å². The number of amides is 1. The molecule has 7 nitrogen and oxygen atoms in total. The summed E-state index contributed by atoms with van der Waals surface area (Å²) in [6, 6.07) is -0.443. The van der Waals surface area contributed by atoms with Crippen LogP contribution in [0.3, 0.4) is 0 Å². The number of ether oxygens (including phenoxy) is 2. The van der Waals surface area contributed by atoms with Crippen LogP contribution in [-0.4, -0.2) is 60.3 Å². The van der Waals surface area contributed by atoms with Crippen LogP contribution in [0, 0.1) is 5.92 Å². The molecule has 1 saturated carbocycles. The number of methoxy groups -OCH3 is 2. The standard InChI is InChI=1S/C13H19NO6/c1-19-9-5-3-4-7(11(9)16)8-6-10(15)14(8)12(17)13(18)20-2/h7-9,12,17H,3-6H2,1-2H3/t7-,8+,9+,12?/m1/s1. The lowest BCUT2D eigenvalue weighted by molar-refractivity contribution is -0.186. The number of aliphatic hydroxyl groups is 1. The fraction of sp³-hybridized carbons (Fsp3) is 0.769. The van der Waals surface area contributed by atoms with Crippen LogP contribution in [0.15, 0.2) is 0 Å². The molecular formula is C13H19NO6. The maximum atomic E-state index is 12.2. The molecule has 0 radical (unpaired) electrons. The van der Waals surface area contributed by atoms with E-state index in [9.17, 15) is 19.5 Å². The smallest absolute Gasteiger partial charge is 0.356 e. The Hall–Kier alpha value is -1.47. The Bertz CT molecular complexity index is 423. The van der Waals surface area contributed by atoms with Gasteiger partial charge in [-0.25, -0.2) is 4.79 Å². The molecule has 112 valence electrons. The first-order valence-corrected chi connectivity index (χ1v) is 6.64. The SMILES string of the molecule is COC(=O)C(O)N1C(=O)C[C@H]1[C@H]1CCC[C@H](OC)C1=O. The molecule has 1 unspecified atom stereocenters. The van der Waals surface area contributed by atoms with E-state index in [-0.39, 0.29) is 24.0 Å². The van der Waals surface area contributed by atoms with Crippen LogP contribution in [0.5, 0.6) is 0 Å². The Morgan fingerprint density at radius 2 is 2.05 bits per heavy atom.